The summed E-state index contributed by atoms with van der Waals surface area (Å²) in [5, 5.41) is 7.15. The van der Waals surface area contributed by atoms with E-state index in [2.05, 4.69) is 78.9 Å². The molecular weight excluding hydrogens is 402 g/mol. The van der Waals surface area contributed by atoms with E-state index >= 15 is 0 Å². The number of aromatic nitrogens is 1. The maximum absolute atomic E-state index is 6.38. The van der Waals surface area contributed by atoms with Crippen LogP contribution < -0.4 is 0 Å². The molecule has 2 heteroatoms. The van der Waals surface area contributed by atoms with Crippen LogP contribution in [0.4, 0.5) is 0 Å². The van der Waals surface area contributed by atoms with Crippen molar-refractivity contribution in [2.75, 3.05) is 0 Å². The van der Waals surface area contributed by atoms with Crippen molar-refractivity contribution in [3.8, 4) is 22.6 Å². The number of nitrogens with zero attached hydrogens (tertiary/aromatic N) is 1. The van der Waals surface area contributed by atoms with E-state index in [1.54, 1.807) is 0 Å². The molecule has 0 aliphatic rings. The van der Waals surface area contributed by atoms with Crippen LogP contribution in [-0.4, -0.2) is 4.98 Å². The Bertz CT molecular complexity index is 1810. The Balaban J connectivity index is 1.53. The van der Waals surface area contributed by atoms with Gasteiger partial charge in [-0.1, -0.05) is 91.0 Å². The summed E-state index contributed by atoms with van der Waals surface area (Å²) >= 11 is 0. The lowest BCUT2D eigenvalue weighted by molar-refractivity contribution is 0.623. The Morgan fingerprint density at radius 1 is 0.515 bits per heavy atom. The summed E-state index contributed by atoms with van der Waals surface area (Å²) in [6.07, 6.45) is 0. The summed E-state index contributed by atoms with van der Waals surface area (Å²) in [7, 11) is 0. The molecular formula is C31H19NO. The Morgan fingerprint density at radius 2 is 1.24 bits per heavy atom. The highest BCUT2D eigenvalue weighted by atomic mass is 16.3. The zero-order valence-corrected chi connectivity index (χ0v) is 17.8. The molecule has 0 aliphatic heterocycles. The van der Waals surface area contributed by atoms with E-state index < -0.39 is 0 Å². The SMILES string of the molecule is c1ccc(-c2nc3ccc4ccc5ccc(-c6cccc7ccccc67)cc5c4c3o2)cc1. The topological polar surface area (TPSA) is 26.0 Å². The van der Waals surface area contributed by atoms with E-state index in [1.165, 1.54) is 32.7 Å². The molecule has 0 fully saturated rings. The van der Waals surface area contributed by atoms with Crippen molar-refractivity contribution in [1.82, 2.24) is 4.98 Å². The first-order chi connectivity index (χ1) is 16.3. The normalized spacial score (nSPS) is 11.6. The second-order valence-electron chi connectivity index (χ2n) is 8.43. The van der Waals surface area contributed by atoms with Gasteiger partial charge < -0.3 is 4.42 Å². The number of benzene rings is 6. The van der Waals surface area contributed by atoms with Crippen LogP contribution in [0.15, 0.2) is 120 Å². The minimum absolute atomic E-state index is 0.653. The molecule has 0 bridgehead atoms. The van der Waals surface area contributed by atoms with Gasteiger partial charge in [-0.3, -0.25) is 0 Å². The fourth-order valence-electron chi connectivity index (χ4n) is 4.87. The average molecular weight is 421 g/mol. The summed E-state index contributed by atoms with van der Waals surface area (Å²) in [6.45, 7) is 0. The van der Waals surface area contributed by atoms with Gasteiger partial charge in [-0.15, -0.1) is 0 Å². The molecule has 0 aliphatic carbocycles. The largest absolute Gasteiger partial charge is 0.435 e. The van der Waals surface area contributed by atoms with Gasteiger partial charge in [-0.25, -0.2) is 4.98 Å². The van der Waals surface area contributed by atoms with Gasteiger partial charge in [0, 0.05) is 10.9 Å². The van der Waals surface area contributed by atoms with Crippen molar-refractivity contribution in [2.45, 2.75) is 0 Å². The summed E-state index contributed by atoms with van der Waals surface area (Å²) < 4.78 is 6.38. The second kappa shape index (κ2) is 7.04. The van der Waals surface area contributed by atoms with Crippen LogP contribution in [0.1, 0.15) is 0 Å². The lowest BCUT2D eigenvalue weighted by atomic mass is 9.94. The molecule has 7 rings (SSSR count). The van der Waals surface area contributed by atoms with E-state index in [0.29, 0.717) is 5.89 Å². The first kappa shape index (κ1) is 18.2. The third kappa shape index (κ3) is 2.85. The highest BCUT2D eigenvalue weighted by molar-refractivity contribution is 6.19. The maximum atomic E-state index is 6.38. The molecule has 1 aromatic heterocycles. The monoisotopic (exact) mass is 421 g/mol. The Hall–Kier alpha value is -4.43. The van der Waals surface area contributed by atoms with Crippen molar-refractivity contribution < 1.29 is 4.42 Å². The van der Waals surface area contributed by atoms with E-state index in [-0.39, 0.29) is 0 Å². The van der Waals surface area contributed by atoms with Gasteiger partial charge in [0.2, 0.25) is 5.89 Å². The van der Waals surface area contributed by atoms with Gasteiger partial charge in [-0.2, -0.15) is 0 Å². The number of fused-ring (bicyclic) bond motifs is 6. The van der Waals surface area contributed by atoms with Gasteiger partial charge in [0.25, 0.3) is 0 Å². The van der Waals surface area contributed by atoms with Gasteiger partial charge in [0.05, 0.1) is 0 Å². The van der Waals surface area contributed by atoms with E-state index in [1.807, 2.05) is 36.4 Å². The second-order valence-corrected chi connectivity index (χ2v) is 8.43. The van der Waals surface area contributed by atoms with Crippen molar-refractivity contribution in [3.05, 3.63) is 115 Å². The van der Waals surface area contributed by atoms with Crippen LogP contribution in [0.25, 0.3) is 66.0 Å². The van der Waals surface area contributed by atoms with Crippen LogP contribution in [0, 0.1) is 0 Å². The number of oxazole rings is 1. The van der Waals surface area contributed by atoms with E-state index in [0.717, 1.165) is 27.4 Å². The third-order valence-electron chi connectivity index (χ3n) is 6.48. The van der Waals surface area contributed by atoms with Gasteiger partial charge in [0.1, 0.15) is 5.52 Å². The summed E-state index contributed by atoms with van der Waals surface area (Å²) in [5.74, 6) is 0.653. The summed E-state index contributed by atoms with van der Waals surface area (Å²) in [5.41, 5.74) is 5.14. The minimum Gasteiger partial charge on any atom is -0.435 e. The number of rotatable bonds is 2. The first-order valence-electron chi connectivity index (χ1n) is 11.1. The molecule has 0 saturated heterocycles. The summed E-state index contributed by atoms with van der Waals surface area (Å²) in [6, 6.07) is 40.4. The number of hydrogen-bond donors (Lipinski definition) is 0. The zero-order chi connectivity index (χ0) is 21.8. The van der Waals surface area contributed by atoms with Gasteiger partial charge >= 0.3 is 0 Å². The minimum atomic E-state index is 0.653. The quantitative estimate of drug-likeness (QED) is 0.261. The molecule has 154 valence electrons. The molecule has 0 N–H and O–H groups in total. The molecule has 33 heavy (non-hydrogen) atoms. The molecule has 7 aromatic rings. The predicted octanol–water partition coefficient (Wildman–Crippen LogP) is 8.62. The lowest BCUT2D eigenvalue weighted by Crippen LogP contribution is -1.84. The zero-order valence-electron chi connectivity index (χ0n) is 17.8. The Morgan fingerprint density at radius 3 is 2.18 bits per heavy atom. The van der Waals surface area contributed by atoms with Gasteiger partial charge in [-0.05, 0) is 62.3 Å². The van der Waals surface area contributed by atoms with Gasteiger partial charge in [0.15, 0.2) is 5.58 Å². The Kier molecular flexibility index (Phi) is 3.88. The van der Waals surface area contributed by atoms with Crippen molar-refractivity contribution in [1.29, 1.82) is 0 Å². The predicted molar refractivity (Wildman–Crippen MR) is 137 cm³/mol. The third-order valence-corrected chi connectivity index (χ3v) is 6.48. The smallest absolute Gasteiger partial charge is 0.227 e. The van der Waals surface area contributed by atoms with Crippen LogP contribution in [0.5, 0.6) is 0 Å². The summed E-state index contributed by atoms with van der Waals surface area (Å²) in [4.78, 5) is 4.79. The first-order valence-corrected chi connectivity index (χ1v) is 11.1. The van der Waals surface area contributed by atoms with E-state index in [9.17, 15) is 0 Å². The van der Waals surface area contributed by atoms with Crippen molar-refractivity contribution >= 4 is 43.4 Å². The van der Waals surface area contributed by atoms with Crippen LogP contribution in [0.3, 0.4) is 0 Å². The maximum Gasteiger partial charge on any atom is 0.227 e. The molecule has 0 saturated carbocycles. The molecule has 0 unspecified atom stereocenters. The molecule has 0 radical (unpaired) electrons. The molecule has 0 spiro atoms. The highest BCUT2D eigenvalue weighted by Gasteiger charge is 2.14. The van der Waals surface area contributed by atoms with Crippen LogP contribution >= 0.6 is 0 Å². The van der Waals surface area contributed by atoms with Crippen molar-refractivity contribution in [2.24, 2.45) is 0 Å². The molecule has 6 aromatic carbocycles. The molecule has 0 atom stereocenters. The molecule has 2 nitrogen and oxygen atoms in total. The molecule has 1 heterocycles. The fourth-order valence-corrected chi connectivity index (χ4v) is 4.87. The van der Waals surface area contributed by atoms with Crippen LogP contribution in [0.2, 0.25) is 0 Å². The number of hydrogen-bond acceptors (Lipinski definition) is 2. The van der Waals surface area contributed by atoms with E-state index in [4.69, 9.17) is 9.40 Å². The standard InChI is InChI=1S/C31H19NO/c1-2-8-23(9-3-1)31-32-28-18-17-22-15-13-21-14-16-24(19-27(21)29(22)30(28)33-31)26-12-6-10-20-7-4-5-11-25(20)26/h1-19H. The lowest BCUT2D eigenvalue weighted by Gasteiger charge is -2.10. The molecule has 0 amide bonds. The Labute approximate surface area is 190 Å². The fraction of sp³-hybridized carbons (Fsp3) is 0. The highest BCUT2D eigenvalue weighted by Crippen LogP contribution is 2.37. The average Bonchev–Trinajstić information content (AvgIpc) is 3.33. The van der Waals surface area contributed by atoms with Crippen molar-refractivity contribution in [3.63, 3.8) is 0 Å². The van der Waals surface area contributed by atoms with Crippen LogP contribution in [-0.2, 0) is 0 Å².